The summed E-state index contributed by atoms with van der Waals surface area (Å²) < 4.78 is 31.8. The molecule has 1 amide bonds. The maximum absolute atomic E-state index is 13.2. The van der Waals surface area contributed by atoms with Crippen LogP contribution >= 0.6 is 0 Å². The van der Waals surface area contributed by atoms with E-state index in [9.17, 15) is 13.6 Å². The van der Waals surface area contributed by atoms with Crippen molar-refractivity contribution in [3.63, 3.8) is 0 Å². The Hall–Kier alpha value is -3.01. The number of unbranched alkanes of at least 4 members (excludes halogenated alkanes) is 1. The average molecular weight is 317 g/mol. The molecule has 0 bridgehead atoms. The van der Waals surface area contributed by atoms with Gasteiger partial charge in [-0.2, -0.15) is 5.26 Å². The van der Waals surface area contributed by atoms with Crippen LogP contribution in [0.5, 0.6) is 5.75 Å². The smallest absolute Gasteiger partial charge is 0.257 e. The van der Waals surface area contributed by atoms with Gasteiger partial charge in [-0.1, -0.05) is 0 Å². The van der Waals surface area contributed by atoms with Gasteiger partial charge in [-0.25, -0.2) is 13.8 Å². The largest absolute Gasteiger partial charge is 0.490 e. The van der Waals surface area contributed by atoms with E-state index >= 15 is 0 Å². The third-order valence-corrected chi connectivity index (χ3v) is 2.82. The van der Waals surface area contributed by atoms with E-state index in [0.29, 0.717) is 24.7 Å². The van der Waals surface area contributed by atoms with Crippen molar-refractivity contribution in [3.8, 4) is 11.8 Å². The highest BCUT2D eigenvalue weighted by atomic mass is 19.1. The molecule has 2 rings (SSSR count). The van der Waals surface area contributed by atoms with Gasteiger partial charge in [0.2, 0.25) is 0 Å². The van der Waals surface area contributed by atoms with Crippen molar-refractivity contribution in [3.05, 3.63) is 53.7 Å². The molecule has 1 N–H and O–H groups in total. The Kier molecular flexibility index (Phi) is 5.58. The lowest BCUT2D eigenvalue weighted by molar-refractivity contribution is 0.102. The molecule has 1 heterocycles. The minimum Gasteiger partial charge on any atom is -0.490 e. The van der Waals surface area contributed by atoms with Gasteiger partial charge in [0.1, 0.15) is 11.6 Å². The molecule has 0 atom stereocenters. The van der Waals surface area contributed by atoms with E-state index in [1.165, 1.54) is 6.20 Å². The fourth-order valence-electron chi connectivity index (χ4n) is 1.80. The van der Waals surface area contributed by atoms with Crippen LogP contribution in [0, 0.1) is 23.0 Å². The third kappa shape index (κ3) is 4.74. The van der Waals surface area contributed by atoms with Gasteiger partial charge in [0.25, 0.3) is 5.91 Å². The van der Waals surface area contributed by atoms with Crippen molar-refractivity contribution in [1.29, 1.82) is 5.26 Å². The summed E-state index contributed by atoms with van der Waals surface area (Å²) in [5.74, 6) is -1.94. The summed E-state index contributed by atoms with van der Waals surface area (Å²) in [7, 11) is 0. The molecule has 2 aromatic rings. The van der Waals surface area contributed by atoms with Gasteiger partial charge >= 0.3 is 0 Å². The Morgan fingerprint density at radius 2 is 2.04 bits per heavy atom. The quantitative estimate of drug-likeness (QED) is 0.830. The molecule has 23 heavy (non-hydrogen) atoms. The molecule has 0 aliphatic heterocycles. The van der Waals surface area contributed by atoms with E-state index < -0.39 is 17.5 Å². The van der Waals surface area contributed by atoms with Crippen molar-refractivity contribution >= 4 is 11.7 Å². The van der Waals surface area contributed by atoms with Gasteiger partial charge < -0.3 is 10.1 Å². The molecule has 0 fully saturated rings. The molecule has 0 saturated heterocycles. The Labute approximate surface area is 131 Å². The molecule has 0 spiro atoms. The number of hydrogen-bond acceptors (Lipinski definition) is 4. The molecule has 1 aromatic heterocycles. The van der Waals surface area contributed by atoms with Crippen molar-refractivity contribution in [2.45, 2.75) is 12.8 Å². The van der Waals surface area contributed by atoms with E-state index in [2.05, 4.69) is 10.3 Å². The van der Waals surface area contributed by atoms with Crippen LogP contribution in [0.1, 0.15) is 23.2 Å². The number of nitrogens with one attached hydrogen (secondary N) is 1. The number of carbonyl (C=O) groups is 1. The van der Waals surface area contributed by atoms with E-state index in [1.54, 1.807) is 12.1 Å². The van der Waals surface area contributed by atoms with Crippen molar-refractivity contribution in [1.82, 2.24) is 4.98 Å². The lowest BCUT2D eigenvalue weighted by atomic mass is 10.2. The van der Waals surface area contributed by atoms with Crippen molar-refractivity contribution in [2.24, 2.45) is 0 Å². The predicted molar refractivity (Wildman–Crippen MR) is 78.9 cm³/mol. The second kappa shape index (κ2) is 7.84. The Morgan fingerprint density at radius 1 is 1.30 bits per heavy atom. The molecule has 5 nitrogen and oxygen atoms in total. The lowest BCUT2D eigenvalue weighted by Crippen LogP contribution is -2.14. The second-order valence-electron chi connectivity index (χ2n) is 4.57. The first-order valence-corrected chi connectivity index (χ1v) is 6.82. The van der Waals surface area contributed by atoms with Gasteiger partial charge in [-0.3, -0.25) is 4.79 Å². The number of anilines is 1. The van der Waals surface area contributed by atoms with E-state index in [-0.39, 0.29) is 18.0 Å². The monoisotopic (exact) mass is 317 g/mol. The first-order chi connectivity index (χ1) is 11.1. The maximum Gasteiger partial charge on any atom is 0.257 e. The fourth-order valence-corrected chi connectivity index (χ4v) is 1.80. The summed E-state index contributed by atoms with van der Waals surface area (Å²) in [4.78, 5) is 16.0. The minimum atomic E-state index is -0.843. The molecule has 0 unspecified atom stereocenters. The first kappa shape index (κ1) is 16.4. The summed E-state index contributed by atoms with van der Waals surface area (Å²) in [6, 6.07) is 7.75. The lowest BCUT2D eigenvalue weighted by Gasteiger charge is -2.11. The van der Waals surface area contributed by atoms with Crippen LogP contribution in [0.2, 0.25) is 0 Å². The number of aromatic nitrogens is 1. The molecular formula is C16H13F2N3O2. The van der Waals surface area contributed by atoms with Crippen LogP contribution in [0.15, 0.2) is 36.5 Å². The average Bonchev–Trinajstić information content (AvgIpc) is 2.52. The number of halogens is 2. The standard InChI is InChI=1S/C16H13F2N3O2/c17-12-8-11(9-13(18)10-12)16(22)21-15-14(4-3-6-20-15)23-7-2-1-5-19/h3-4,6,8-10H,1-2,7H2,(H,20,21,22). The molecule has 7 heteroatoms. The molecule has 118 valence electrons. The van der Waals surface area contributed by atoms with Crippen LogP contribution in [0.25, 0.3) is 0 Å². The number of nitrogens with zero attached hydrogens (tertiary/aromatic N) is 2. The number of amides is 1. The van der Waals surface area contributed by atoms with E-state index in [0.717, 1.165) is 12.1 Å². The van der Waals surface area contributed by atoms with Crippen LogP contribution in [0.3, 0.4) is 0 Å². The summed E-state index contributed by atoms with van der Waals surface area (Å²) >= 11 is 0. The normalized spacial score (nSPS) is 9.96. The topological polar surface area (TPSA) is 75.0 Å². The Morgan fingerprint density at radius 3 is 2.74 bits per heavy atom. The molecule has 0 aliphatic rings. The zero-order valence-corrected chi connectivity index (χ0v) is 12.1. The molecule has 0 aliphatic carbocycles. The summed E-state index contributed by atoms with van der Waals surface area (Å²) in [6.45, 7) is 0.288. The van der Waals surface area contributed by atoms with Gasteiger partial charge in [0.15, 0.2) is 11.6 Å². The fraction of sp³-hybridized carbons (Fsp3) is 0.188. The van der Waals surface area contributed by atoms with Crippen LogP contribution < -0.4 is 10.1 Å². The number of ether oxygens (including phenoxy) is 1. The van der Waals surface area contributed by atoms with E-state index in [1.807, 2.05) is 6.07 Å². The Bertz CT molecular complexity index is 724. The van der Waals surface area contributed by atoms with Crippen molar-refractivity contribution < 1.29 is 18.3 Å². The third-order valence-electron chi connectivity index (χ3n) is 2.82. The van der Waals surface area contributed by atoms with Crippen LogP contribution in [0.4, 0.5) is 14.6 Å². The van der Waals surface area contributed by atoms with E-state index in [4.69, 9.17) is 10.00 Å². The molecule has 0 radical (unpaired) electrons. The SMILES string of the molecule is N#CCCCOc1cccnc1NC(=O)c1cc(F)cc(F)c1. The zero-order valence-electron chi connectivity index (χ0n) is 12.1. The van der Waals surface area contributed by atoms with Gasteiger partial charge in [0, 0.05) is 24.2 Å². The van der Waals surface area contributed by atoms with Gasteiger partial charge in [-0.15, -0.1) is 0 Å². The molecule has 1 aromatic carbocycles. The number of carbonyl (C=O) groups excluding carboxylic acids is 1. The van der Waals surface area contributed by atoms with Crippen molar-refractivity contribution in [2.75, 3.05) is 11.9 Å². The van der Waals surface area contributed by atoms with Gasteiger partial charge in [0.05, 0.1) is 12.7 Å². The van der Waals surface area contributed by atoms with Crippen LogP contribution in [-0.4, -0.2) is 17.5 Å². The number of benzene rings is 1. The highest BCUT2D eigenvalue weighted by molar-refractivity contribution is 6.04. The summed E-state index contributed by atoms with van der Waals surface area (Å²) in [5, 5.41) is 10.9. The number of rotatable bonds is 6. The second-order valence-corrected chi connectivity index (χ2v) is 4.57. The number of nitriles is 1. The summed E-state index contributed by atoms with van der Waals surface area (Å²) in [6.07, 6.45) is 2.34. The number of hydrogen-bond donors (Lipinski definition) is 1. The molecular weight excluding hydrogens is 304 g/mol. The van der Waals surface area contributed by atoms with Gasteiger partial charge in [-0.05, 0) is 30.7 Å². The highest BCUT2D eigenvalue weighted by Gasteiger charge is 2.13. The predicted octanol–water partition coefficient (Wildman–Crippen LogP) is 3.29. The number of pyridine rings is 1. The van der Waals surface area contributed by atoms with Crippen LogP contribution in [-0.2, 0) is 0 Å². The highest BCUT2D eigenvalue weighted by Crippen LogP contribution is 2.22. The first-order valence-electron chi connectivity index (χ1n) is 6.82. The minimum absolute atomic E-state index is 0.138. The maximum atomic E-state index is 13.2. The summed E-state index contributed by atoms with van der Waals surface area (Å²) in [5.41, 5.74) is -0.163. The molecule has 0 saturated carbocycles. The zero-order chi connectivity index (χ0) is 16.7. The Balaban J connectivity index is 2.10.